The second kappa shape index (κ2) is 6.16. The molecule has 0 bridgehead atoms. The molecule has 0 fully saturated rings. The van der Waals surface area contributed by atoms with Crippen molar-refractivity contribution in [1.29, 1.82) is 0 Å². The third kappa shape index (κ3) is 3.01. The highest BCUT2D eigenvalue weighted by atomic mass is 35.5. The molecular weight excluding hydrogens is 288 g/mol. The summed E-state index contributed by atoms with van der Waals surface area (Å²) in [5, 5.41) is 12.7. The Kier molecular flexibility index (Phi) is 4.08. The molecule has 3 aromatic rings. The molecule has 0 amide bonds. The quantitative estimate of drug-likeness (QED) is 0.708. The average Bonchev–Trinajstić information content (AvgIpc) is 2.98. The monoisotopic (exact) mass is 302 g/mol. The third-order valence-corrected chi connectivity index (χ3v) is 3.50. The molecule has 108 valence electrons. The zero-order valence-corrected chi connectivity index (χ0v) is 12.0. The van der Waals surface area contributed by atoms with Crippen LogP contribution in [0.5, 0.6) is 0 Å². The van der Waals surface area contributed by atoms with Crippen molar-refractivity contribution in [2.75, 3.05) is 17.7 Å². The van der Waals surface area contributed by atoms with Gasteiger partial charge in [0.1, 0.15) is 5.52 Å². The maximum atomic E-state index is 9.54. The van der Waals surface area contributed by atoms with E-state index in [1.165, 1.54) is 0 Å². The van der Waals surface area contributed by atoms with Crippen LogP contribution in [0.2, 0.25) is 0 Å². The molecule has 1 heterocycles. The topological polar surface area (TPSA) is 58.3 Å². The Hall–Kier alpha value is -2.04. The van der Waals surface area contributed by atoms with Gasteiger partial charge < -0.3 is 14.8 Å². The first-order chi connectivity index (χ1) is 10.3. The third-order valence-electron chi connectivity index (χ3n) is 3.15. The molecule has 0 aliphatic carbocycles. The number of alkyl halides is 1. The lowest BCUT2D eigenvalue weighted by atomic mass is 10.2. The van der Waals surface area contributed by atoms with Crippen LogP contribution in [0.1, 0.15) is 0 Å². The molecule has 2 aromatic carbocycles. The number of aromatic nitrogens is 1. The van der Waals surface area contributed by atoms with Gasteiger partial charge in [-0.25, -0.2) is 4.98 Å². The summed E-state index contributed by atoms with van der Waals surface area (Å²) in [4.78, 5) is 4.54. The molecule has 0 aliphatic rings. The number of oxazole rings is 1. The molecule has 4 nitrogen and oxygen atoms in total. The van der Waals surface area contributed by atoms with Crippen LogP contribution >= 0.6 is 11.6 Å². The molecule has 3 rings (SSSR count). The zero-order chi connectivity index (χ0) is 14.7. The van der Waals surface area contributed by atoms with E-state index in [4.69, 9.17) is 16.0 Å². The Balaban J connectivity index is 1.94. The number of nitrogens with one attached hydrogen (secondary N) is 1. The van der Waals surface area contributed by atoms with E-state index in [-0.39, 0.29) is 5.88 Å². The lowest BCUT2D eigenvalue weighted by molar-refractivity contribution is 0.211. The van der Waals surface area contributed by atoms with Crippen LogP contribution in [0.25, 0.3) is 22.6 Å². The van der Waals surface area contributed by atoms with E-state index in [0.717, 1.165) is 16.8 Å². The van der Waals surface area contributed by atoms with Crippen LogP contribution in [0.15, 0.2) is 52.9 Å². The number of benzene rings is 2. The van der Waals surface area contributed by atoms with E-state index in [9.17, 15) is 5.11 Å². The molecule has 0 spiro atoms. The molecular formula is C16H15ClN2O2. The van der Waals surface area contributed by atoms with Crippen LogP contribution in [0, 0.1) is 0 Å². The zero-order valence-electron chi connectivity index (χ0n) is 11.3. The SMILES string of the molecule is OC(CCl)CNc1cccc2oc(-c3ccccc3)nc12. The Labute approximate surface area is 127 Å². The van der Waals surface area contributed by atoms with Gasteiger partial charge >= 0.3 is 0 Å². The summed E-state index contributed by atoms with van der Waals surface area (Å²) in [6, 6.07) is 15.4. The molecule has 2 N–H and O–H groups in total. The smallest absolute Gasteiger partial charge is 0.227 e. The number of hydrogen-bond acceptors (Lipinski definition) is 4. The molecule has 21 heavy (non-hydrogen) atoms. The average molecular weight is 303 g/mol. The second-order valence-corrected chi connectivity index (χ2v) is 5.03. The van der Waals surface area contributed by atoms with Crippen LogP contribution in [0.3, 0.4) is 0 Å². The summed E-state index contributed by atoms with van der Waals surface area (Å²) in [6.45, 7) is 0.371. The fraction of sp³-hybridized carbons (Fsp3) is 0.188. The number of hydrogen-bond donors (Lipinski definition) is 2. The minimum atomic E-state index is -0.595. The molecule has 0 radical (unpaired) electrons. The van der Waals surface area contributed by atoms with Gasteiger partial charge in [0, 0.05) is 12.1 Å². The van der Waals surface area contributed by atoms with Crippen molar-refractivity contribution in [3.8, 4) is 11.5 Å². The molecule has 0 saturated heterocycles. The summed E-state index contributed by atoms with van der Waals surface area (Å²) < 4.78 is 5.79. The fourth-order valence-corrected chi connectivity index (χ4v) is 2.19. The second-order valence-electron chi connectivity index (χ2n) is 4.73. The first-order valence-electron chi connectivity index (χ1n) is 6.71. The van der Waals surface area contributed by atoms with Crippen LogP contribution in [0.4, 0.5) is 5.69 Å². The highest BCUT2D eigenvalue weighted by Gasteiger charge is 2.11. The Bertz CT molecular complexity index is 727. The number of aliphatic hydroxyl groups is 1. The first kappa shape index (κ1) is 13.9. The standard InChI is InChI=1S/C16H15ClN2O2/c17-9-12(20)10-18-13-7-4-8-14-15(13)19-16(21-14)11-5-2-1-3-6-11/h1-8,12,18,20H,9-10H2. The Morgan fingerprint density at radius 2 is 1.95 bits per heavy atom. The van der Waals surface area contributed by atoms with Crippen molar-refractivity contribution < 1.29 is 9.52 Å². The van der Waals surface area contributed by atoms with Gasteiger partial charge in [0.05, 0.1) is 17.7 Å². The Morgan fingerprint density at radius 3 is 2.71 bits per heavy atom. The lowest BCUT2D eigenvalue weighted by Gasteiger charge is -2.09. The minimum absolute atomic E-state index is 0.192. The van der Waals surface area contributed by atoms with Crippen LogP contribution in [-0.4, -0.2) is 28.6 Å². The largest absolute Gasteiger partial charge is 0.436 e. The van der Waals surface area contributed by atoms with Crippen molar-refractivity contribution in [3.05, 3.63) is 48.5 Å². The predicted octanol–water partition coefficient (Wildman–Crippen LogP) is 3.51. The predicted molar refractivity (Wildman–Crippen MR) is 84.7 cm³/mol. The van der Waals surface area contributed by atoms with Gasteiger partial charge in [-0.15, -0.1) is 11.6 Å². The fourth-order valence-electron chi connectivity index (χ4n) is 2.08. The number of para-hydroxylation sites is 1. The number of nitrogens with zero attached hydrogens (tertiary/aromatic N) is 1. The maximum absolute atomic E-state index is 9.54. The van der Waals surface area contributed by atoms with Gasteiger partial charge in [-0.3, -0.25) is 0 Å². The number of halogens is 1. The van der Waals surface area contributed by atoms with Crippen LogP contribution < -0.4 is 5.32 Å². The first-order valence-corrected chi connectivity index (χ1v) is 7.24. The van der Waals surface area contributed by atoms with Gasteiger partial charge in [-0.1, -0.05) is 24.3 Å². The van der Waals surface area contributed by atoms with E-state index in [1.807, 2.05) is 48.5 Å². The number of fused-ring (bicyclic) bond motifs is 1. The number of anilines is 1. The van der Waals surface area contributed by atoms with E-state index in [1.54, 1.807) is 0 Å². The molecule has 0 aliphatic heterocycles. The maximum Gasteiger partial charge on any atom is 0.227 e. The summed E-state index contributed by atoms with van der Waals surface area (Å²) in [5.74, 6) is 0.773. The Morgan fingerprint density at radius 1 is 1.14 bits per heavy atom. The van der Waals surface area contributed by atoms with Gasteiger partial charge in [0.2, 0.25) is 5.89 Å². The molecule has 1 aromatic heterocycles. The van der Waals surface area contributed by atoms with Crippen molar-refractivity contribution >= 4 is 28.4 Å². The summed E-state index contributed by atoms with van der Waals surface area (Å²) in [5.41, 5.74) is 3.21. The summed E-state index contributed by atoms with van der Waals surface area (Å²) >= 11 is 5.60. The molecule has 1 atom stereocenters. The lowest BCUT2D eigenvalue weighted by Crippen LogP contribution is -2.20. The molecule has 1 unspecified atom stereocenters. The molecule has 0 saturated carbocycles. The van der Waals surface area contributed by atoms with E-state index >= 15 is 0 Å². The minimum Gasteiger partial charge on any atom is -0.436 e. The highest BCUT2D eigenvalue weighted by molar-refractivity contribution is 6.18. The normalized spacial score (nSPS) is 12.5. The number of rotatable bonds is 5. The van der Waals surface area contributed by atoms with Gasteiger partial charge in [0.15, 0.2) is 5.58 Å². The van der Waals surface area contributed by atoms with Gasteiger partial charge in [0.25, 0.3) is 0 Å². The van der Waals surface area contributed by atoms with Crippen molar-refractivity contribution in [2.24, 2.45) is 0 Å². The van der Waals surface area contributed by atoms with Crippen molar-refractivity contribution in [1.82, 2.24) is 4.98 Å². The highest BCUT2D eigenvalue weighted by Crippen LogP contribution is 2.28. The van der Waals surface area contributed by atoms with E-state index in [0.29, 0.717) is 18.0 Å². The van der Waals surface area contributed by atoms with Crippen LogP contribution in [-0.2, 0) is 0 Å². The van der Waals surface area contributed by atoms with Gasteiger partial charge in [-0.2, -0.15) is 0 Å². The van der Waals surface area contributed by atoms with Gasteiger partial charge in [-0.05, 0) is 24.3 Å². The van der Waals surface area contributed by atoms with E-state index < -0.39 is 6.10 Å². The summed E-state index contributed by atoms with van der Waals surface area (Å²) in [7, 11) is 0. The van der Waals surface area contributed by atoms with E-state index in [2.05, 4.69) is 10.3 Å². The van der Waals surface area contributed by atoms with Crippen molar-refractivity contribution in [2.45, 2.75) is 6.10 Å². The molecule has 5 heteroatoms. The number of aliphatic hydroxyl groups excluding tert-OH is 1. The summed E-state index contributed by atoms with van der Waals surface area (Å²) in [6.07, 6.45) is -0.595. The van der Waals surface area contributed by atoms with Crippen molar-refractivity contribution in [3.63, 3.8) is 0 Å².